The van der Waals surface area contributed by atoms with Crippen LogP contribution in [0.25, 0.3) is 0 Å². The molecule has 1 saturated heterocycles. The lowest BCUT2D eigenvalue weighted by molar-refractivity contribution is 0.315. The van der Waals surface area contributed by atoms with Crippen LogP contribution in [-0.4, -0.2) is 23.9 Å². The number of rotatable bonds is 4. The fourth-order valence-electron chi connectivity index (χ4n) is 2.31. The van der Waals surface area contributed by atoms with Crippen LogP contribution in [0, 0.1) is 5.92 Å². The van der Waals surface area contributed by atoms with Gasteiger partial charge in [0.25, 0.3) is 0 Å². The third-order valence-electron chi connectivity index (χ3n) is 3.24. The first-order chi connectivity index (χ1) is 7.79. The highest BCUT2D eigenvalue weighted by atomic mass is 35.5. The summed E-state index contributed by atoms with van der Waals surface area (Å²) in [5.41, 5.74) is 1.23. The lowest BCUT2D eigenvalue weighted by Crippen LogP contribution is -2.20. The van der Waals surface area contributed by atoms with Crippen LogP contribution >= 0.6 is 23.2 Å². The Morgan fingerprint density at radius 3 is 2.88 bits per heavy atom. The maximum Gasteiger partial charge on any atom is 0.0451 e. The van der Waals surface area contributed by atoms with Crippen molar-refractivity contribution in [3.05, 3.63) is 34.9 Å². The van der Waals surface area contributed by atoms with Gasteiger partial charge in [-0.05, 0) is 36.9 Å². The molecule has 3 heteroatoms. The largest absolute Gasteiger partial charge is 0.299 e. The summed E-state index contributed by atoms with van der Waals surface area (Å²) in [6.07, 6.45) is 2.41. The molecule has 1 aromatic carbocycles. The Bertz CT molecular complexity index is 340. The SMILES string of the molecule is ClCCC1CCN(Cc2ccccc2Cl)C1. The van der Waals surface area contributed by atoms with E-state index in [1.54, 1.807) is 0 Å². The van der Waals surface area contributed by atoms with Crippen molar-refractivity contribution in [2.24, 2.45) is 5.92 Å². The van der Waals surface area contributed by atoms with Crippen molar-refractivity contribution in [2.75, 3.05) is 19.0 Å². The van der Waals surface area contributed by atoms with Crippen LogP contribution in [0.1, 0.15) is 18.4 Å². The molecule has 0 amide bonds. The first-order valence-corrected chi connectivity index (χ1v) is 6.72. The quantitative estimate of drug-likeness (QED) is 0.743. The maximum atomic E-state index is 6.15. The number of halogens is 2. The van der Waals surface area contributed by atoms with E-state index in [1.807, 2.05) is 18.2 Å². The van der Waals surface area contributed by atoms with Crippen LogP contribution in [0.15, 0.2) is 24.3 Å². The van der Waals surface area contributed by atoms with Gasteiger partial charge >= 0.3 is 0 Å². The molecule has 1 heterocycles. The monoisotopic (exact) mass is 257 g/mol. The molecule has 0 saturated carbocycles. The van der Waals surface area contributed by atoms with E-state index in [0.29, 0.717) is 0 Å². The molecule has 1 unspecified atom stereocenters. The van der Waals surface area contributed by atoms with Crippen molar-refractivity contribution in [3.8, 4) is 0 Å². The van der Waals surface area contributed by atoms with Crippen molar-refractivity contribution in [3.63, 3.8) is 0 Å². The topological polar surface area (TPSA) is 3.24 Å². The summed E-state index contributed by atoms with van der Waals surface area (Å²) < 4.78 is 0. The molecule has 1 aromatic rings. The molecule has 16 heavy (non-hydrogen) atoms. The van der Waals surface area contributed by atoms with E-state index in [-0.39, 0.29) is 0 Å². The molecule has 0 spiro atoms. The van der Waals surface area contributed by atoms with Gasteiger partial charge in [-0.2, -0.15) is 0 Å². The van der Waals surface area contributed by atoms with Crippen LogP contribution in [0.2, 0.25) is 5.02 Å². The zero-order valence-corrected chi connectivity index (χ0v) is 10.8. The molecule has 88 valence electrons. The van der Waals surface area contributed by atoms with Crippen LogP contribution in [-0.2, 0) is 6.54 Å². The molecule has 0 bridgehead atoms. The molecular weight excluding hydrogens is 241 g/mol. The summed E-state index contributed by atoms with van der Waals surface area (Å²) in [5.74, 6) is 1.56. The van der Waals surface area contributed by atoms with Gasteiger partial charge in [0, 0.05) is 24.0 Å². The Morgan fingerprint density at radius 1 is 1.31 bits per heavy atom. The predicted octanol–water partition coefficient (Wildman–Crippen LogP) is 3.79. The maximum absolute atomic E-state index is 6.15. The first-order valence-electron chi connectivity index (χ1n) is 5.81. The first kappa shape index (κ1) is 12.2. The summed E-state index contributed by atoms with van der Waals surface area (Å²) >= 11 is 11.9. The molecule has 1 fully saturated rings. The van der Waals surface area contributed by atoms with Gasteiger partial charge in [-0.15, -0.1) is 11.6 Å². The van der Waals surface area contributed by atoms with E-state index in [4.69, 9.17) is 23.2 Å². The normalized spacial score (nSPS) is 21.5. The highest BCUT2D eigenvalue weighted by Crippen LogP contribution is 2.24. The number of hydrogen-bond donors (Lipinski definition) is 0. The average Bonchev–Trinajstić information content (AvgIpc) is 2.70. The third-order valence-corrected chi connectivity index (χ3v) is 3.83. The molecule has 0 aliphatic carbocycles. The van der Waals surface area contributed by atoms with Gasteiger partial charge in [-0.3, -0.25) is 4.90 Å². The van der Waals surface area contributed by atoms with Gasteiger partial charge in [-0.25, -0.2) is 0 Å². The van der Waals surface area contributed by atoms with E-state index in [1.165, 1.54) is 18.5 Å². The minimum atomic E-state index is 0.778. The molecule has 2 rings (SSSR count). The zero-order valence-electron chi connectivity index (χ0n) is 9.33. The van der Waals surface area contributed by atoms with Crippen LogP contribution < -0.4 is 0 Å². The Hall–Kier alpha value is -0.240. The van der Waals surface area contributed by atoms with Gasteiger partial charge in [0.05, 0.1) is 0 Å². The lowest BCUT2D eigenvalue weighted by Gasteiger charge is -2.16. The van der Waals surface area contributed by atoms with Crippen LogP contribution in [0.4, 0.5) is 0 Å². The van der Waals surface area contributed by atoms with Crippen LogP contribution in [0.5, 0.6) is 0 Å². The van der Waals surface area contributed by atoms with Gasteiger partial charge < -0.3 is 0 Å². The zero-order chi connectivity index (χ0) is 11.4. The third kappa shape index (κ3) is 3.13. The standard InChI is InChI=1S/C13H17Cl2N/c14-7-5-11-6-8-16(9-11)10-12-3-1-2-4-13(12)15/h1-4,11H,5-10H2. The smallest absolute Gasteiger partial charge is 0.0451 e. The van der Waals surface area contributed by atoms with Crippen molar-refractivity contribution in [2.45, 2.75) is 19.4 Å². The Labute approximate surface area is 107 Å². The molecule has 1 atom stereocenters. The van der Waals surface area contributed by atoms with Gasteiger partial charge in [0.2, 0.25) is 0 Å². The second kappa shape index (κ2) is 5.90. The highest BCUT2D eigenvalue weighted by molar-refractivity contribution is 6.31. The van der Waals surface area contributed by atoms with Crippen molar-refractivity contribution in [1.29, 1.82) is 0 Å². The molecule has 1 aliphatic heterocycles. The number of benzene rings is 1. The number of nitrogens with zero attached hydrogens (tertiary/aromatic N) is 1. The number of likely N-dealkylation sites (tertiary alicyclic amines) is 1. The summed E-state index contributed by atoms with van der Waals surface area (Å²) in [7, 11) is 0. The highest BCUT2D eigenvalue weighted by Gasteiger charge is 2.22. The average molecular weight is 258 g/mol. The molecule has 1 nitrogen and oxygen atoms in total. The van der Waals surface area contributed by atoms with Gasteiger partial charge in [-0.1, -0.05) is 29.8 Å². The Morgan fingerprint density at radius 2 is 2.12 bits per heavy atom. The van der Waals surface area contributed by atoms with Gasteiger partial charge in [0.15, 0.2) is 0 Å². The Balaban J connectivity index is 1.90. The van der Waals surface area contributed by atoms with Gasteiger partial charge in [0.1, 0.15) is 0 Å². The molecule has 0 aromatic heterocycles. The fourth-order valence-corrected chi connectivity index (χ4v) is 2.82. The van der Waals surface area contributed by atoms with Crippen molar-refractivity contribution >= 4 is 23.2 Å². The second-order valence-corrected chi connectivity index (χ2v) is 5.24. The number of alkyl halides is 1. The van der Waals surface area contributed by atoms with Crippen molar-refractivity contribution < 1.29 is 0 Å². The van der Waals surface area contributed by atoms with Crippen LogP contribution in [0.3, 0.4) is 0 Å². The minimum absolute atomic E-state index is 0.778. The van der Waals surface area contributed by atoms with E-state index in [9.17, 15) is 0 Å². The molecule has 0 radical (unpaired) electrons. The predicted molar refractivity (Wildman–Crippen MR) is 70.2 cm³/mol. The van der Waals surface area contributed by atoms with E-state index in [0.717, 1.165) is 36.3 Å². The lowest BCUT2D eigenvalue weighted by atomic mass is 10.1. The number of hydrogen-bond acceptors (Lipinski definition) is 1. The summed E-state index contributed by atoms with van der Waals surface area (Å²) in [6.45, 7) is 3.31. The van der Waals surface area contributed by atoms with Crippen molar-refractivity contribution in [1.82, 2.24) is 4.90 Å². The van der Waals surface area contributed by atoms with E-state index >= 15 is 0 Å². The summed E-state index contributed by atoms with van der Waals surface area (Å²) in [4.78, 5) is 2.47. The Kier molecular flexibility index (Phi) is 4.51. The minimum Gasteiger partial charge on any atom is -0.299 e. The van der Waals surface area contributed by atoms with E-state index in [2.05, 4.69) is 11.0 Å². The summed E-state index contributed by atoms with van der Waals surface area (Å²) in [5, 5.41) is 0.878. The molecule has 1 aliphatic rings. The second-order valence-electron chi connectivity index (χ2n) is 4.46. The summed E-state index contributed by atoms with van der Waals surface area (Å²) in [6, 6.07) is 8.10. The molecular formula is C13H17Cl2N. The molecule has 0 N–H and O–H groups in total. The fraction of sp³-hybridized carbons (Fsp3) is 0.538. The van der Waals surface area contributed by atoms with E-state index < -0.39 is 0 Å².